The normalized spacial score (nSPS) is 34.6. The van der Waals surface area contributed by atoms with Gasteiger partial charge < -0.3 is 0 Å². The molecule has 78 valence electrons. The zero-order valence-electron chi connectivity index (χ0n) is 8.63. The summed E-state index contributed by atoms with van der Waals surface area (Å²) in [6.45, 7) is 0. The van der Waals surface area contributed by atoms with Crippen LogP contribution in [0, 0.1) is 11.8 Å². The van der Waals surface area contributed by atoms with E-state index in [0.29, 0.717) is 23.4 Å². The quantitative estimate of drug-likeness (QED) is 0.642. The average molecular weight is 194 g/mol. The largest absolute Gasteiger partial charge is 0.300 e. The van der Waals surface area contributed by atoms with Gasteiger partial charge in [0.1, 0.15) is 11.6 Å². The van der Waals surface area contributed by atoms with Crippen molar-refractivity contribution in [2.75, 3.05) is 0 Å². The molecule has 2 heteroatoms. The van der Waals surface area contributed by atoms with Crippen molar-refractivity contribution in [3.05, 3.63) is 0 Å². The summed E-state index contributed by atoms with van der Waals surface area (Å²) in [5.41, 5.74) is 0. The first-order chi connectivity index (χ1) is 6.75. The molecule has 0 aromatic heterocycles. The Morgan fingerprint density at radius 1 is 0.786 bits per heavy atom. The van der Waals surface area contributed by atoms with Crippen LogP contribution in [-0.4, -0.2) is 11.6 Å². The van der Waals surface area contributed by atoms with Crippen molar-refractivity contribution < 1.29 is 9.59 Å². The molecular weight excluding hydrogens is 176 g/mol. The van der Waals surface area contributed by atoms with Crippen LogP contribution in [0.4, 0.5) is 0 Å². The minimum atomic E-state index is 0.416. The maximum atomic E-state index is 11.3. The second-order valence-electron chi connectivity index (χ2n) is 4.79. The summed E-state index contributed by atoms with van der Waals surface area (Å²) in [4.78, 5) is 22.6. The number of carbonyl (C=O) groups excluding carboxylic acids is 2. The van der Waals surface area contributed by atoms with Crippen molar-refractivity contribution in [1.82, 2.24) is 0 Å². The molecule has 2 fully saturated rings. The van der Waals surface area contributed by atoms with E-state index in [2.05, 4.69) is 0 Å². The lowest BCUT2D eigenvalue weighted by molar-refractivity contribution is -0.125. The molecule has 0 aromatic rings. The number of carbonyl (C=O) groups is 2. The van der Waals surface area contributed by atoms with Crippen molar-refractivity contribution in [3.8, 4) is 0 Å². The smallest absolute Gasteiger partial charge is 0.133 e. The van der Waals surface area contributed by atoms with Gasteiger partial charge in [-0.25, -0.2) is 0 Å². The predicted octanol–water partition coefficient (Wildman–Crippen LogP) is 2.51. The maximum absolute atomic E-state index is 11.3. The number of hydrogen-bond acceptors (Lipinski definition) is 2. The Morgan fingerprint density at radius 2 is 1.21 bits per heavy atom. The molecule has 2 aliphatic carbocycles. The van der Waals surface area contributed by atoms with E-state index >= 15 is 0 Å². The third kappa shape index (κ3) is 2.23. The van der Waals surface area contributed by atoms with E-state index in [9.17, 15) is 9.59 Å². The van der Waals surface area contributed by atoms with Crippen LogP contribution in [0.5, 0.6) is 0 Å². The van der Waals surface area contributed by atoms with E-state index in [1.807, 2.05) is 0 Å². The van der Waals surface area contributed by atoms with Crippen LogP contribution in [0.3, 0.4) is 0 Å². The molecule has 2 atom stereocenters. The summed E-state index contributed by atoms with van der Waals surface area (Å²) in [6, 6.07) is 0. The van der Waals surface area contributed by atoms with Crippen molar-refractivity contribution >= 4 is 11.6 Å². The molecule has 0 aliphatic heterocycles. The van der Waals surface area contributed by atoms with Crippen molar-refractivity contribution in [2.24, 2.45) is 11.8 Å². The average Bonchev–Trinajstić information content (AvgIpc) is 2.18. The van der Waals surface area contributed by atoms with E-state index < -0.39 is 0 Å². The lowest BCUT2D eigenvalue weighted by Crippen LogP contribution is -2.27. The lowest BCUT2D eigenvalue weighted by atomic mass is 9.73. The molecule has 2 nitrogen and oxygen atoms in total. The van der Waals surface area contributed by atoms with E-state index in [1.165, 1.54) is 12.8 Å². The number of Topliss-reactive ketones (excluding diaryl/α,β-unsaturated/α-hetero) is 2. The molecule has 0 saturated heterocycles. The minimum Gasteiger partial charge on any atom is -0.300 e. The van der Waals surface area contributed by atoms with Crippen molar-refractivity contribution in [2.45, 2.75) is 51.4 Å². The zero-order valence-corrected chi connectivity index (χ0v) is 8.63. The van der Waals surface area contributed by atoms with Gasteiger partial charge in [0, 0.05) is 25.7 Å². The van der Waals surface area contributed by atoms with Crippen molar-refractivity contribution in [3.63, 3.8) is 0 Å². The van der Waals surface area contributed by atoms with Crippen LogP contribution in [0.25, 0.3) is 0 Å². The van der Waals surface area contributed by atoms with Gasteiger partial charge in [0.15, 0.2) is 0 Å². The van der Waals surface area contributed by atoms with Crippen LogP contribution in [0.15, 0.2) is 0 Å². The second kappa shape index (κ2) is 4.24. The fourth-order valence-electron chi connectivity index (χ4n) is 2.92. The monoisotopic (exact) mass is 194 g/mol. The molecule has 14 heavy (non-hydrogen) atoms. The molecule has 2 unspecified atom stereocenters. The summed E-state index contributed by atoms with van der Waals surface area (Å²) >= 11 is 0. The molecule has 2 aliphatic rings. The summed E-state index contributed by atoms with van der Waals surface area (Å²) in [7, 11) is 0. The van der Waals surface area contributed by atoms with Crippen LogP contribution < -0.4 is 0 Å². The van der Waals surface area contributed by atoms with Gasteiger partial charge in [-0.05, 0) is 37.5 Å². The SMILES string of the molecule is O=C1CCCC(C2CCCC(=O)C2)C1. The Bertz CT molecular complexity index is 219. The highest BCUT2D eigenvalue weighted by molar-refractivity contribution is 5.81. The standard InChI is InChI=1S/C12H18O2/c13-11-5-1-3-9(7-11)10-4-2-6-12(14)8-10/h9-10H,1-8H2. The molecule has 2 rings (SSSR count). The molecular formula is C12H18O2. The van der Waals surface area contributed by atoms with Gasteiger partial charge in [0.25, 0.3) is 0 Å². The molecule has 0 aromatic carbocycles. The van der Waals surface area contributed by atoms with Gasteiger partial charge >= 0.3 is 0 Å². The van der Waals surface area contributed by atoms with E-state index in [0.717, 1.165) is 38.5 Å². The van der Waals surface area contributed by atoms with Gasteiger partial charge in [0.05, 0.1) is 0 Å². The lowest BCUT2D eigenvalue weighted by Gasteiger charge is -2.31. The molecule has 2 saturated carbocycles. The Hall–Kier alpha value is -0.660. The second-order valence-corrected chi connectivity index (χ2v) is 4.79. The third-order valence-corrected chi connectivity index (χ3v) is 3.71. The van der Waals surface area contributed by atoms with E-state index in [1.54, 1.807) is 0 Å². The topological polar surface area (TPSA) is 34.1 Å². The van der Waals surface area contributed by atoms with Gasteiger partial charge in [-0.1, -0.05) is 0 Å². The predicted molar refractivity (Wildman–Crippen MR) is 53.9 cm³/mol. The first-order valence-electron chi connectivity index (χ1n) is 5.79. The molecule has 0 N–H and O–H groups in total. The van der Waals surface area contributed by atoms with Gasteiger partial charge in [-0.3, -0.25) is 9.59 Å². The summed E-state index contributed by atoms with van der Waals surface area (Å²) in [5, 5.41) is 0. The highest BCUT2D eigenvalue weighted by atomic mass is 16.1. The molecule has 0 bridgehead atoms. The zero-order chi connectivity index (χ0) is 9.97. The third-order valence-electron chi connectivity index (χ3n) is 3.71. The number of ketones is 2. The summed E-state index contributed by atoms with van der Waals surface area (Å²) in [5.74, 6) is 1.89. The Morgan fingerprint density at radius 3 is 1.57 bits per heavy atom. The maximum Gasteiger partial charge on any atom is 0.133 e. The molecule has 0 heterocycles. The highest BCUT2D eigenvalue weighted by Gasteiger charge is 2.30. The number of hydrogen-bond donors (Lipinski definition) is 0. The molecule has 0 amide bonds. The first-order valence-corrected chi connectivity index (χ1v) is 5.79. The van der Waals surface area contributed by atoms with Crippen LogP contribution >= 0.6 is 0 Å². The van der Waals surface area contributed by atoms with E-state index in [4.69, 9.17) is 0 Å². The van der Waals surface area contributed by atoms with Gasteiger partial charge in [0.2, 0.25) is 0 Å². The summed E-state index contributed by atoms with van der Waals surface area (Å²) < 4.78 is 0. The number of rotatable bonds is 1. The van der Waals surface area contributed by atoms with Crippen LogP contribution in [-0.2, 0) is 9.59 Å². The molecule has 0 radical (unpaired) electrons. The fourth-order valence-corrected chi connectivity index (χ4v) is 2.92. The van der Waals surface area contributed by atoms with Crippen LogP contribution in [0.2, 0.25) is 0 Å². The summed E-state index contributed by atoms with van der Waals surface area (Å²) in [6.07, 6.45) is 7.49. The highest BCUT2D eigenvalue weighted by Crippen LogP contribution is 2.35. The fraction of sp³-hybridized carbons (Fsp3) is 0.833. The Labute approximate surface area is 85.1 Å². The van der Waals surface area contributed by atoms with Gasteiger partial charge in [-0.2, -0.15) is 0 Å². The van der Waals surface area contributed by atoms with E-state index in [-0.39, 0.29) is 0 Å². The minimum absolute atomic E-state index is 0.416. The van der Waals surface area contributed by atoms with Crippen LogP contribution in [0.1, 0.15) is 51.4 Å². The van der Waals surface area contributed by atoms with Gasteiger partial charge in [-0.15, -0.1) is 0 Å². The Kier molecular flexibility index (Phi) is 2.99. The molecule has 0 spiro atoms. The van der Waals surface area contributed by atoms with Crippen molar-refractivity contribution in [1.29, 1.82) is 0 Å². The first kappa shape index (κ1) is 9.88. The Balaban J connectivity index is 1.92.